The minimum atomic E-state index is -0.393. The minimum absolute atomic E-state index is 0.121. The zero-order chi connectivity index (χ0) is 11.4. The fraction of sp³-hybridized carbons (Fsp3) is 0.600. The summed E-state index contributed by atoms with van der Waals surface area (Å²) in [6, 6.07) is 0.121. The number of ether oxygens (including phenoxy) is 1. The summed E-state index contributed by atoms with van der Waals surface area (Å²) in [5.41, 5.74) is 6.94. The maximum absolute atomic E-state index is 11.4. The average molecular weight is 211 g/mol. The molecule has 0 unspecified atom stereocenters. The standard InChI is InChI=1S/C10H17N3O2/c1-7(11)4-5-8-6-13(2)12-9(8)10(14)15-3/h6-7H,4-5,11H2,1-3H3/t7-/m0/s1. The molecule has 0 saturated carbocycles. The highest BCUT2D eigenvalue weighted by atomic mass is 16.5. The van der Waals surface area contributed by atoms with Gasteiger partial charge in [-0.25, -0.2) is 4.79 Å². The van der Waals surface area contributed by atoms with Crippen LogP contribution in [0.5, 0.6) is 0 Å². The van der Waals surface area contributed by atoms with E-state index in [1.165, 1.54) is 7.11 Å². The van der Waals surface area contributed by atoms with Crippen LogP contribution >= 0.6 is 0 Å². The molecule has 1 heterocycles. The second kappa shape index (κ2) is 4.93. The summed E-state index contributed by atoms with van der Waals surface area (Å²) >= 11 is 0. The normalized spacial score (nSPS) is 12.5. The van der Waals surface area contributed by atoms with E-state index in [9.17, 15) is 4.79 Å². The number of hydrogen-bond donors (Lipinski definition) is 1. The Hall–Kier alpha value is -1.36. The third-order valence-corrected chi connectivity index (χ3v) is 2.15. The Morgan fingerprint density at radius 3 is 2.93 bits per heavy atom. The van der Waals surface area contributed by atoms with Crippen LogP contribution < -0.4 is 5.73 Å². The number of nitrogens with zero attached hydrogens (tertiary/aromatic N) is 2. The van der Waals surface area contributed by atoms with E-state index >= 15 is 0 Å². The van der Waals surface area contributed by atoms with E-state index < -0.39 is 5.97 Å². The van der Waals surface area contributed by atoms with Gasteiger partial charge in [0.25, 0.3) is 0 Å². The van der Waals surface area contributed by atoms with Crippen molar-refractivity contribution in [3.05, 3.63) is 17.5 Å². The zero-order valence-electron chi connectivity index (χ0n) is 9.36. The Kier molecular flexibility index (Phi) is 3.85. The van der Waals surface area contributed by atoms with Gasteiger partial charge in [-0.1, -0.05) is 0 Å². The molecule has 0 saturated heterocycles. The van der Waals surface area contributed by atoms with E-state index in [0.717, 1.165) is 18.4 Å². The van der Waals surface area contributed by atoms with Crippen LogP contribution in [-0.4, -0.2) is 28.9 Å². The van der Waals surface area contributed by atoms with Crippen LogP contribution in [-0.2, 0) is 18.2 Å². The molecule has 5 heteroatoms. The summed E-state index contributed by atoms with van der Waals surface area (Å²) < 4.78 is 6.26. The van der Waals surface area contributed by atoms with Gasteiger partial charge in [0.05, 0.1) is 7.11 Å². The predicted molar refractivity (Wildman–Crippen MR) is 56.5 cm³/mol. The number of aromatic nitrogens is 2. The van der Waals surface area contributed by atoms with Crippen LogP contribution in [0.15, 0.2) is 6.20 Å². The van der Waals surface area contributed by atoms with Crippen molar-refractivity contribution < 1.29 is 9.53 Å². The molecule has 0 aromatic carbocycles. The van der Waals surface area contributed by atoms with Crippen molar-refractivity contribution in [2.75, 3.05) is 7.11 Å². The topological polar surface area (TPSA) is 70.1 Å². The second-order valence-electron chi connectivity index (χ2n) is 3.68. The van der Waals surface area contributed by atoms with E-state index in [2.05, 4.69) is 9.84 Å². The number of hydrogen-bond acceptors (Lipinski definition) is 4. The van der Waals surface area contributed by atoms with Gasteiger partial charge in [-0.15, -0.1) is 0 Å². The first-order chi connectivity index (χ1) is 7.04. The van der Waals surface area contributed by atoms with Gasteiger partial charge in [0, 0.05) is 24.8 Å². The molecule has 2 N–H and O–H groups in total. The second-order valence-corrected chi connectivity index (χ2v) is 3.68. The number of aryl methyl sites for hydroxylation is 2. The fourth-order valence-electron chi connectivity index (χ4n) is 1.37. The van der Waals surface area contributed by atoms with Crippen LogP contribution in [0.25, 0.3) is 0 Å². The number of methoxy groups -OCH3 is 1. The largest absolute Gasteiger partial charge is 0.464 e. The van der Waals surface area contributed by atoms with Crippen LogP contribution in [0.1, 0.15) is 29.4 Å². The lowest BCUT2D eigenvalue weighted by atomic mass is 10.1. The lowest BCUT2D eigenvalue weighted by Gasteiger charge is -2.03. The minimum Gasteiger partial charge on any atom is -0.464 e. The summed E-state index contributed by atoms with van der Waals surface area (Å²) in [6.07, 6.45) is 3.40. The number of carbonyl (C=O) groups excluding carboxylic acids is 1. The van der Waals surface area contributed by atoms with Crippen molar-refractivity contribution in [2.24, 2.45) is 12.8 Å². The van der Waals surface area contributed by atoms with E-state index in [0.29, 0.717) is 5.69 Å². The van der Waals surface area contributed by atoms with Crippen LogP contribution in [0.4, 0.5) is 0 Å². The van der Waals surface area contributed by atoms with E-state index in [-0.39, 0.29) is 6.04 Å². The van der Waals surface area contributed by atoms with Gasteiger partial charge in [-0.3, -0.25) is 4.68 Å². The summed E-state index contributed by atoms with van der Waals surface area (Å²) in [5, 5.41) is 4.06. The third kappa shape index (κ3) is 3.06. The number of rotatable bonds is 4. The van der Waals surface area contributed by atoms with Crippen molar-refractivity contribution in [3.63, 3.8) is 0 Å². The smallest absolute Gasteiger partial charge is 0.358 e. The van der Waals surface area contributed by atoms with E-state index in [1.54, 1.807) is 11.7 Å². The van der Waals surface area contributed by atoms with E-state index in [1.807, 2.05) is 13.1 Å². The molecule has 0 fully saturated rings. The highest BCUT2D eigenvalue weighted by Gasteiger charge is 2.16. The first-order valence-electron chi connectivity index (χ1n) is 4.91. The SMILES string of the molecule is COC(=O)c1nn(C)cc1CC[C@H](C)N. The highest BCUT2D eigenvalue weighted by Crippen LogP contribution is 2.11. The highest BCUT2D eigenvalue weighted by molar-refractivity contribution is 5.88. The van der Waals surface area contributed by atoms with Crippen LogP contribution in [0.3, 0.4) is 0 Å². The van der Waals surface area contributed by atoms with Crippen molar-refractivity contribution in [1.82, 2.24) is 9.78 Å². The van der Waals surface area contributed by atoms with Gasteiger partial charge in [0.2, 0.25) is 0 Å². The molecule has 0 bridgehead atoms. The monoisotopic (exact) mass is 211 g/mol. The molecule has 15 heavy (non-hydrogen) atoms. The van der Waals surface area contributed by atoms with Crippen LogP contribution in [0, 0.1) is 0 Å². The van der Waals surface area contributed by atoms with Crippen molar-refractivity contribution in [1.29, 1.82) is 0 Å². The van der Waals surface area contributed by atoms with Gasteiger partial charge in [0.15, 0.2) is 5.69 Å². The van der Waals surface area contributed by atoms with Gasteiger partial charge < -0.3 is 10.5 Å². The Balaban J connectivity index is 2.81. The Morgan fingerprint density at radius 1 is 1.73 bits per heavy atom. The maximum atomic E-state index is 11.4. The molecule has 0 spiro atoms. The Labute approximate surface area is 89.2 Å². The zero-order valence-corrected chi connectivity index (χ0v) is 9.36. The first-order valence-corrected chi connectivity index (χ1v) is 4.91. The first kappa shape index (κ1) is 11.7. The van der Waals surface area contributed by atoms with Crippen molar-refractivity contribution in [2.45, 2.75) is 25.8 Å². The molecule has 1 aromatic heterocycles. The number of nitrogens with two attached hydrogens (primary N) is 1. The molecular formula is C10H17N3O2. The van der Waals surface area contributed by atoms with Gasteiger partial charge >= 0.3 is 5.97 Å². The predicted octanol–water partition coefficient (Wildman–Crippen LogP) is 0.486. The molecule has 0 amide bonds. The molecule has 0 aliphatic heterocycles. The summed E-state index contributed by atoms with van der Waals surface area (Å²) in [7, 11) is 3.13. The molecular weight excluding hydrogens is 194 g/mol. The number of esters is 1. The molecule has 5 nitrogen and oxygen atoms in total. The van der Waals surface area contributed by atoms with Crippen molar-refractivity contribution in [3.8, 4) is 0 Å². The van der Waals surface area contributed by atoms with Gasteiger partial charge in [-0.2, -0.15) is 5.10 Å². The number of carbonyl (C=O) groups is 1. The molecule has 1 rings (SSSR count). The van der Waals surface area contributed by atoms with Gasteiger partial charge in [0.1, 0.15) is 0 Å². The lowest BCUT2D eigenvalue weighted by Crippen LogP contribution is -2.16. The molecule has 1 aromatic rings. The fourth-order valence-corrected chi connectivity index (χ4v) is 1.37. The molecule has 84 valence electrons. The summed E-state index contributed by atoms with van der Waals surface area (Å²) in [5.74, 6) is -0.393. The molecule has 1 atom stereocenters. The quantitative estimate of drug-likeness (QED) is 0.736. The molecule has 0 aliphatic carbocycles. The van der Waals surface area contributed by atoms with Gasteiger partial charge in [-0.05, 0) is 19.8 Å². The Bertz CT molecular complexity index is 344. The van der Waals surface area contributed by atoms with E-state index in [4.69, 9.17) is 5.73 Å². The Morgan fingerprint density at radius 2 is 2.40 bits per heavy atom. The van der Waals surface area contributed by atoms with Crippen LogP contribution in [0.2, 0.25) is 0 Å². The molecule has 0 aliphatic rings. The summed E-state index contributed by atoms with van der Waals surface area (Å²) in [4.78, 5) is 11.4. The third-order valence-electron chi connectivity index (χ3n) is 2.15. The lowest BCUT2D eigenvalue weighted by molar-refractivity contribution is 0.0592. The van der Waals surface area contributed by atoms with Crippen molar-refractivity contribution >= 4 is 5.97 Å². The molecule has 0 radical (unpaired) electrons. The summed E-state index contributed by atoms with van der Waals surface area (Å²) in [6.45, 7) is 1.94. The average Bonchev–Trinajstić information content (AvgIpc) is 2.55. The maximum Gasteiger partial charge on any atom is 0.358 e.